The van der Waals surface area contributed by atoms with Gasteiger partial charge in [0.05, 0.1) is 5.41 Å². The van der Waals surface area contributed by atoms with Gasteiger partial charge in [-0.25, -0.2) is 0 Å². The minimum Gasteiger partial charge on any atom is -0.356 e. The lowest BCUT2D eigenvalue weighted by Crippen LogP contribution is -2.54. The van der Waals surface area contributed by atoms with E-state index in [1.807, 2.05) is 24.0 Å². The number of amides is 2. The number of aromatic nitrogens is 1. The Bertz CT molecular complexity index is 972. The molecule has 0 bridgehead atoms. The zero-order valence-corrected chi connectivity index (χ0v) is 18.9. The summed E-state index contributed by atoms with van der Waals surface area (Å²) >= 11 is 0. The Kier molecular flexibility index (Phi) is 7.03. The zero-order chi connectivity index (χ0) is 22.4. The van der Waals surface area contributed by atoms with Crippen molar-refractivity contribution in [3.05, 3.63) is 66.5 Å². The number of hydrogen-bond acceptors (Lipinski definition) is 3. The molecule has 1 aliphatic heterocycles. The summed E-state index contributed by atoms with van der Waals surface area (Å²) < 4.78 is 0. The third kappa shape index (κ3) is 5.09. The van der Waals surface area contributed by atoms with Gasteiger partial charge in [0.25, 0.3) is 0 Å². The molecular weight excluding hydrogens is 398 g/mol. The van der Waals surface area contributed by atoms with E-state index in [1.54, 1.807) is 12.4 Å². The van der Waals surface area contributed by atoms with Crippen molar-refractivity contribution in [2.75, 3.05) is 19.6 Å². The number of piperidine rings is 1. The molecule has 0 saturated carbocycles. The van der Waals surface area contributed by atoms with Gasteiger partial charge in [0.1, 0.15) is 0 Å². The van der Waals surface area contributed by atoms with Crippen molar-refractivity contribution in [2.45, 2.75) is 45.4 Å². The fourth-order valence-corrected chi connectivity index (χ4v) is 5.12. The standard InChI is InChI=1S/C27H33N3O2/c1-2-29-26(32)27(13-6-16-30(20-27)25(31)18-21-7-3-4-8-21)19-22-9-5-10-24(17-22)23-11-14-28-15-12-23/h3,5,7,9-12,14-15,17,21H,2,4,6,8,13,16,18-20H2,1H3,(H,29,32)/t21-,27+/m1/s1. The molecule has 1 saturated heterocycles. The van der Waals surface area contributed by atoms with Gasteiger partial charge in [-0.15, -0.1) is 0 Å². The number of hydrogen-bond donors (Lipinski definition) is 1. The molecule has 1 aromatic carbocycles. The van der Waals surface area contributed by atoms with E-state index in [4.69, 9.17) is 0 Å². The minimum atomic E-state index is -0.591. The number of benzene rings is 1. The maximum Gasteiger partial charge on any atom is 0.228 e. The Morgan fingerprint density at radius 1 is 1.19 bits per heavy atom. The molecule has 2 amide bonds. The van der Waals surface area contributed by atoms with Crippen molar-refractivity contribution >= 4 is 11.8 Å². The molecule has 2 aliphatic rings. The molecule has 168 valence electrons. The molecular formula is C27H33N3O2. The Hall–Kier alpha value is -2.95. The van der Waals surface area contributed by atoms with Gasteiger partial charge in [0.2, 0.25) is 11.8 Å². The third-order valence-corrected chi connectivity index (χ3v) is 6.78. The maximum atomic E-state index is 13.3. The second-order valence-corrected chi connectivity index (χ2v) is 9.14. The van der Waals surface area contributed by atoms with Crippen LogP contribution in [0.15, 0.2) is 60.9 Å². The Morgan fingerprint density at radius 3 is 2.78 bits per heavy atom. The SMILES string of the molecule is CCNC(=O)[C@]1(Cc2cccc(-c3ccncc3)c2)CCCN(C(=O)C[C@@H]2C=CCC2)C1. The van der Waals surface area contributed by atoms with Gasteiger partial charge < -0.3 is 10.2 Å². The van der Waals surface area contributed by atoms with Crippen LogP contribution in [0.2, 0.25) is 0 Å². The number of carbonyl (C=O) groups is 2. The average molecular weight is 432 g/mol. The van der Waals surface area contributed by atoms with Gasteiger partial charge >= 0.3 is 0 Å². The number of nitrogens with one attached hydrogen (secondary N) is 1. The van der Waals surface area contributed by atoms with E-state index in [0.29, 0.717) is 31.8 Å². The van der Waals surface area contributed by atoms with E-state index in [0.717, 1.165) is 48.9 Å². The van der Waals surface area contributed by atoms with E-state index in [-0.39, 0.29) is 11.8 Å². The molecule has 1 aliphatic carbocycles. The van der Waals surface area contributed by atoms with Crippen LogP contribution in [0.4, 0.5) is 0 Å². The van der Waals surface area contributed by atoms with Crippen LogP contribution in [-0.2, 0) is 16.0 Å². The first-order valence-electron chi connectivity index (χ1n) is 11.8. The number of carbonyl (C=O) groups excluding carboxylic acids is 2. The quantitative estimate of drug-likeness (QED) is 0.661. The van der Waals surface area contributed by atoms with Gasteiger partial charge in [-0.3, -0.25) is 14.6 Å². The molecule has 1 aromatic heterocycles. The Labute approximate surface area is 190 Å². The molecule has 2 heterocycles. The van der Waals surface area contributed by atoms with Crippen LogP contribution in [0, 0.1) is 11.3 Å². The van der Waals surface area contributed by atoms with E-state index in [1.165, 1.54) is 0 Å². The zero-order valence-electron chi connectivity index (χ0n) is 18.9. The average Bonchev–Trinajstić information content (AvgIpc) is 3.33. The lowest BCUT2D eigenvalue weighted by molar-refractivity contribution is -0.142. The van der Waals surface area contributed by atoms with Crippen molar-refractivity contribution < 1.29 is 9.59 Å². The van der Waals surface area contributed by atoms with Crippen molar-refractivity contribution in [2.24, 2.45) is 11.3 Å². The normalized spacial score (nSPS) is 22.7. The molecule has 0 radical (unpaired) electrons. The highest BCUT2D eigenvalue weighted by Gasteiger charge is 2.43. The van der Waals surface area contributed by atoms with Crippen LogP contribution in [0.3, 0.4) is 0 Å². The molecule has 1 fully saturated rings. The molecule has 5 nitrogen and oxygen atoms in total. The van der Waals surface area contributed by atoms with Crippen molar-refractivity contribution in [3.63, 3.8) is 0 Å². The van der Waals surface area contributed by atoms with E-state index >= 15 is 0 Å². The number of rotatable bonds is 7. The number of allylic oxidation sites excluding steroid dienone is 2. The Morgan fingerprint density at radius 2 is 2.03 bits per heavy atom. The van der Waals surface area contributed by atoms with E-state index in [2.05, 4.69) is 46.7 Å². The van der Waals surface area contributed by atoms with Crippen LogP contribution in [-0.4, -0.2) is 41.3 Å². The highest BCUT2D eigenvalue weighted by Crippen LogP contribution is 2.36. The molecule has 0 spiro atoms. The fraction of sp³-hybridized carbons (Fsp3) is 0.444. The minimum absolute atomic E-state index is 0.0626. The van der Waals surface area contributed by atoms with Gasteiger partial charge in [-0.2, -0.15) is 0 Å². The second-order valence-electron chi connectivity index (χ2n) is 9.14. The van der Waals surface area contributed by atoms with Crippen molar-refractivity contribution in [1.29, 1.82) is 0 Å². The molecule has 32 heavy (non-hydrogen) atoms. The topological polar surface area (TPSA) is 62.3 Å². The predicted molar refractivity (Wildman–Crippen MR) is 127 cm³/mol. The van der Waals surface area contributed by atoms with Crippen molar-refractivity contribution in [3.8, 4) is 11.1 Å². The van der Waals surface area contributed by atoms with Gasteiger partial charge in [-0.1, -0.05) is 36.4 Å². The van der Waals surface area contributed by atoms with Crippen LogP contribution < -0.4 is 5.32 Å². The summed E-state index contributed by atoms with van der Waals surface area (Å²) in [5, 5.41) is 3.06. The van der Waals surface area contributed by atoms with E-state index < -0.39 is 5.41 Å². The van der Waals surface area contributed by atoms with Crippen molar-refractivity contribution in [1.82, 2.24) is 15.2 Å². The number of pyridine rings is 1. The summed E-state index contributed by atoms with van der Waals surface area (Å²) in [5.41, 5.74) is 2.76. The first-order chi connectivity index (χ1) is 15.6. The fourth-order valence-electron chi connectivity index (χ4n) is 5.12. The van der Waals surface area contributed by atoms with Crippen LogP contribution in [0.25, 0.3) is 11.1 Å². The first-order valence-corrected chi connectivity index (χ1v) is 11.8. The molecule has 2 aromatic rings. The lowest BCUT2D eigenvalue weighted by atomic mass is 9.73. The van der Waals surface area contributed by atoms with Crippen LogP contribution in [0.1, 0.15) is 44.6 Å². The van der Waals surface area contributed by atoms with Gasteiger partial charge in [0, 0.05) is 38.4 Å². The summed E-state index contributed by atoms with van der Waals surface area (Å²) in [5.74, 6) is 0.591. The van der Waals surface area contributed by atoms with Crippen LogP contribution >= 0.6 is 0 Å². The molecule has 5 heteroatoms. The number of nitrogens with zero attached hydrogens (tertiary/aromatic N) is 2. The summed E-state index contributed by atoms with van der Waals surface area (Å²) in [4.78, 5) is 32.4. The lowest BCUT2D eigenvalue weighted by Gasteiger charge is -2.42. The smallest absolute Gasteiger partial charge is 0.228 e. The highest BCUT2D eigenvalue weighted by atomic mass is 16.2. The largest absolute Gasteiger partial charge is 0.356 e. The van der Waals surface area contributed by atoms with Gasteiger partial charge in [-0.05, 0) is 73.8 Å². The summed E-state index contributed by atoms with van der Waals surface area (Å²) in [6.07, 6.45) is 12.9. The maximum absolute atomic E-state index is 13.3. The predicted octanol–water partition coefficient (Wildman–Crippen LogP) is 4.39. The highest BCUT2D eigenvalue weighted by molar-refractivity contribution is 5.85. The summed E-state index contributed by atoms with van der Waals surface area (Å²) in [6.45, 7) is 3.79. The third-order valence-electron chi connectivity index (χ3n) is 6.78. The second kappa shape index (κ2) is 10.1. The molecule has 4 rings (SSSR count). The molecule has 1 N–H and O–H groups in total. The summed E-state index contributed by atoms with van der Waals surface area (Å²) in [7, 11) is 0. The van der Waals surface area contributed by atoms with E-state index in [9.17, 15) is 9.59 Å². The van der Waals surface area contributed by atoms with Gasteiger partial charge in [0.15, 0.2) is 0 Å². The molecule has 2 atom stereocenters. The monoisotopic (exact) mass is 431 g/mol. The van der Waals surface area contributed by atoms with Crippen LogP contribution in [0.5, 0.6) is 0 Å². The summed E-state index contributed by atoms with van der Waals surface area (Å²) in [6, 6.07) is 12.4. The first kappa shape index (κ1) is 22.3. The molecule has 0 unspecified atom stereocenters. The Balaban J connectivity index is 1.56. The number of likely N-dealkylation sites (tertiary alicyclic amines) is 1.